The van der Waals surface area contributed by atoms with Gasteiger partial charge in [0.25, 0.3) is 0 Å². The molecule has 5 nitrogen and oxygen atoms in total. The van der Waals surface area contributed by atoms with E-state index in [0.29, 0.717) is 8.95 Å². The van der Waals surface area contributed by atoms with E-state index in [1.165, 1.54) is 62.4 Å². The second-order valence-corrected chi connectivity index (χ2v) is 12.1. The Kier molecular flexibility index (Phi) is 19.4. The van der Waals surface area contributed by atoms with Crippen molar-refractivity contribution in [3.63, 3.8) is 0 Å². The SMILES string of the molecule is CN=NC.Cc1ccc(-c2ccc(C)c(F)c2F)c(F)c1.Cc1ccc(B(O)O)c(F)c1F.Cc1ccc(Br)c(F)c1.Oc1ccc(Br)c(F)c1. The third-order valence-corrected chi connectivity index (χ3v) is 7.74. The Labute approximate surface area is 308 Å². The molecule has 0 aliphatic heterocycles. The molecule has 0 unspecified atom stereocenters. The highest BCUT2D eigenvalue weighted by Gasteiger charge is 2.20. The number of halogens is 9. The van der Waals surface area contributed by atoms with Crippen molar-refractivity contribution in [1.29, 1.82) is 0 Å². The molecule has 3 N–H and O–H groups in total. The summed E-state index contributed by atoms with van der Waals surface area (Å²) < 4.78 is 92.1. The molecular formula is C36H34BBr2F7N2O3. The molecule has 0 amide bonds. The van der Waals surface area contributed by atoms with Crippen molar-refractivity contribution in [1.82, 2.24) is 0 Å². The van der Waals surface area contributed by atoms with Gasteiger partial charge >= 0.3 is 7.12 Å². The molecule has 0 atom stereocenters. The average Bonchev–Trinajstić information content (AvgIpc) is 3.07. The molecule has 0 aliphatic rings. The number of azo groups is 1. The van der Waals surface area contributed by atoms with Crippen LogP contribution in [0.25, 0.3) is 11.1 Å². The van der Waals surface area contributed by atoms with E-state index in [-0.39, 0.29) is 33.8 Å². The zero-order chi connectivity index (χ0) is 39.0. The molecule has 5 aromatic carbocycles. The molecule has 15 heteroatoms. The lowest BCUT2D eigenvalue weighted by Crippen LogP contribution is -2.33. The van der Waals surface area contributed by atoms with Gasteiger partial charge in [-0.05, 0) is 112 Å². The van der Waals surface area contributed by atoms with Crippen LogP contribution in [0.1, 0.15) is 22.3 Å². The van der Waals surface area contributed by atoms with Crippen LogP contribution in [-0.4, -0.2) is 36.4 Å². The largest absolute Gasteiger partial charge is 0.508 e. The summed E-state index contributed by atoms with van der Waals surface area (Å²) in [4.78, 5) is 0. The number of benzene rings is 5. The number of aromatic hydroxyl groups is 1. The van der Waals surface area contributed by atoms with Crippen molar-refractivity contribution in [2.45, 2.75) is 27.7 Å². The monoisotopic (exact) mass is 844 g/mol. The molecule has 0 spiro atoms. The number of hydrogen-bond acceptors (Lipinski definition) is 5. The van der Waals surface area contributed by atoms with Crippen molar-refractivity contribution in [3.05, 3.63) is 151 Å². The second-order valence-electron chi connectivity index (χ2n) is 10.4. The maximum atomic E-state index is 13.7. The number of hydrogen-bond donors (Lipinski definition) is 3. The van der Waals surface area contributed by atoms with E-state index in [4.69, 9.17) is 15.2 Å². The van der Waals surface area contributed by atoms with Crippen LogP contribution in [0.3, 0.4) is 0 Å². The summed E-state index contributed by atoms with van der Waals surface area (Å²) in [5.41, 5.74) is 1.60. The van der Waals surface area contributed by atoms with Gasteiger partial charge in [0.1, 0.15) is 23.2 Å². The topological polar surface area (TPSA) is 85.4 Å². The van der Waals surface area contributed by atoms with Gasteiger partial charge in [0.05, 0.1) is 8.95 Å². The van der Waals surface area contributed by atoms with Crippen LogP contribution in [0.15, 0.2) is 98.0 Å². The predicted molar refractivity (Wildman–Crippen MR) is 193 cm³/mol. The first kappa shape index (κ1) is 45.0. The van der Waals surface area contributed by atoms with E-state index in [1.54, 1.807) is 33.2 Å². The molecule has 0 radical (unpaired) electrons. The molecule has 0 fully saturated rings. The highest BCUT2D eigenvalue weighted by atomic mass is 79.9. The minimum atomic E-state index is -1.97. The van der Waals surface area contributed by atoms with E-state index >= 15 is 0 Å². The normalized spacial score (nSPS) is 10.1. The van der Waals surface area contributed by atoms with Crippen LogP contribution in [0, 0.1) is 68.4 Å². The molecule has 51 heavy (non-hydrogen) atoms. The number of aryl methyl sites for hydroxylation is 4. The lowest BCUT2D eigenvalue weighted by Gasteiger charge is -2.08. The first-order valence-electron chi connectivity index (χ1n) is 14.6. The van der Waals surface area contributed by atoms with Gasteiger partial charge in [-0.2, -0.15) is 10.2 Å². The van der Waals surface area contributed by atoms with Gasteiger partial charge in [-0.25, -0.2) is 30.7 Å². The quantitative estimate of drug-likeness (QED) is 0.0940. The van der Waals surface area contributed by atoms with Crippen LogP contribution in [-0.2, 0) is 0 Å². The van der Waals surface area contributed by atoms with Crippen LogP contribution >= 0.6 is 31.9 Å². The molecule has 0 heterocycles. The van der Waals surface area contributed by atoms with E-state index in [0.717, 1.165) is 23.3 Å². The molecular weight excluding hydrogens is 812 g/mol. The summed E-state index contributed by atoms with van der Waals surface area (Å²) >= 11 is 6.00. The van der Waals surface area contributed by atoms with Crippen LogP contribution in [0.5, 0.6) is 5.75 Å². The second kappa shape index (κ2) is 22.0. The van der Waals surface area contributed by atoms with Crippen molar-refractivity contribution in [2.75, 3.05) is 14.1 Å². The summed E-state index contributed by atoms with van der Waals surface area (Å²) in [6.07, 6.45) is 0. The van der Waals surface area contributed by atoms with Gasteiger partial charge in [-0.15, -0.1) is 0 Å². The Morgan fingerprint density at radius 3 is 1.37 bits per heavy atom. The predicted octanol–water partition coefficient (Wildman–Crippen LogP) is 10.2. The standard InChI is InChI=1S/C14H11F3.C7H7BF2O2.C7H6BrF.C6H4BrFO.C2H6N2/c1-8-3-5-10(12(15)7-8)11-6-4-9(2)13(16)14(11)17;1-4-2-3-5(8(11)12)7(10)6(4)9;1-5-2-3-6(8)7(9)4-5;7-5-2-1-4(9)3-6(5)8;1-3-4-2/h3-7H,1-2H3;2-3,11-12H,1H3;2-4H,1H3;1-3,9H;1-2H3. The van der Waals surface area contributed by atoms with E-state index in [2.05, 4.69) is 42.1 Å². The summed E-state index contributed by atoms with van der Waals surface area (Å²) in [6.45, 7) is 6.45. The first-order valence-corrected chi connectivity index (χ1v) is 16.2. The van der Waals surface area contributed by atoms with Crippen molar-refractivity contribution >= 4 is 44.4 Å². The Morgan fingerprint density at radius 1 is 0.510 bits per heavy atom. The Hall–Kier alpha value is -4.05. The maximum Gasteiger partial charge on any atom is 0.491 e. The third-order valence-electron chi connectivity index (χ3n) is 6.45. The Balaban J connectivity index is 0.000000339. The molecule has 5 aromatic rings. The van der Waals surface area contributed by atoms with Crippen molar-refractivity contribution in [2.24, 2.45) is 10.2 Å². The fourth-order valence-electron chi connectivity index (χ4n) is 3.64. The van der Waals surface area contributed by atoms with Gasteiger partial charge in [-0.1, -0.05) is 42.5 Å². The minimum absolute atomic E-state index is 0.0504. The first-order chi connectivity index (χ1) is 23.9. The average molecular weight is 846 g/mol. The lowest BCUT2D eigenvalue weighted by atomic mass is 9.79. The summed E-state index contributed by atoms with van der Waals surface area (Å²) in [5, 5.41) is 32.5. The number of phenols is 1. The summed E-state index contributed by atoms with van der Waals surface area (Å²) in [5.74, 6) is -5.44. The minimum Gasteiger partial charge on any atom is -0.508 e. The van der Waals surface area contributed by atoms with E-state index in [9.17, 15) is 30.7 Å². The zero-order valence-electron chi connectivity index (χ0n) is 28.2. The summed E-state index contributed by atoms with van der Waals surface area (Å²) in [6, 6.07) is 18.6. The van der Waals surface area contributed by atoms with Gasteiger partial charge in [-0.3, -0.25) is 0 Å². The molecule has 0 saturated heterocycles. The van der Waals surface area contributed by atoms with Crippen LogP contribution < -0.4 is 5.46 Å². The molecule has 272 valence electrons. The van der Waals surface area contributed by atoms with Gasteiger partial charge in [0, 0.05) is 36.8 Å². The van der Waals surface area contributed by atoms with Gasteiger partial charge in [0.2, 0.25) is 0 Å². The smallest absolute Gasteiger partial charge is 0.491 e. The van der Waals surface area contributed by atoms with E-state index in [1.807, 2.05) is 13.0 Å². The number of nitrogens with zero attached hydrogens (tertiary/aromatic N) is 2. The summed E-state index contributed by atoms with van der Waals surface area (Å²) in [7, 11) is 1.31. The van der Waals surface area contributed by atoms with Gasteiger partial charge < -0.3 is 15.2 Å². The van der Waals surface area contributed by atoms with Crippen LogP contribution in [0.4, 0.5) is 30.7 Å². The fraction of sp³-hybridized carbons (Fsp3) is 0.167. The van der Waals surface area contributed by atoms with Gasteiger partial charge in [0.15, 0.2) is 23.3 Å². The number of phenolic OH excluding ortho intramolecular Hbond substituents is 1. The zero-order valence-corrected chi connectivity index (χ0v) is 31.4. The molecule has 0 aliphatic carbocycles. The third kappa shape index (κ3) is 14.6. The van der Waals surface area contributed by atoms with Crippen molar-refractivity contribution < 1.29 is 45.9 Å². The molecule has 0 bridgehead atoms. The Bertz CT molecular complexity index is 1880. The Morgan fingerprint density at radius 2 is 0.941 bits per heavy atom. The fourth-order valence-corrected chi connectivity index (χ4v) is 4.13. The van der Waals surface area contributed by atoms with Crippen molar-refractivity contribution in [3.8, 4) is 16.9 Å². The molecule has 5 rings (SSSR count). The highest BCUT2D eigenvalue weighted by molar-refractivity contribution is 9.10. The van der Waals surface area contributed by atoms with Crippen LogP contribution in [0.2, 0.25) is 0 Å². The number of rotatable bonds is 2. The molecule has 0 saturated carbocycles. The highest BCUT2D eigenvalue weighted by Crippen LogP contribution is 2.28. The molecule has 0 aromatic heterocycles. The van der Waals surface area contributed by atoms with E-state index < -0.39 is 47.5 Å². The maximum absolute atomic E-state index is 13.7. The lowest BCUT2D eigenvalue weighted by molar-refractivity contribution is 0.420.